The number of aromatic carboxylic acids is 1. The number of Topliss-reactive ketones (excluding diaryl/α,β-unsaturated/α-hetero) is 3. The topological polar surface area (TPSA) is 365 Å². The number of carboxylic acids is 2. The first-order valence-corrected chi connectivity index (χ1v) is 35.2. The van der Waals surface area contributed by atoms with Crippen LogP contribution in [0.2, 0.25) is 15.1 Å². The number of fused-ring (bicyclic) bond motifs is 3. The lowest BCUT2D eigenvalue weighted by molar-refractivity contribution is -0.139. The Balaban J connectivity index is 0.000000245. The van der Waals surface area contributed by atoms with Crippen molar-refractivity contribution in [3.05, 3.63) is 210 Å². The predicted molar refractivity (Wildman–Crippen MR) is 407 cm³/mol. The van der Waals surface area contributed by atoms with Gasteiger partial charge in [-0.2, -0.15) is 0 Å². The molecule has 3 aromatic heterocycles. The molecule has 26 nitrogen and oxygen atoms in total. The zero-order valence-electron chi connectivity index (χ0n) is 60.7. The van der Waals surface area contributed by atoms with Crippen molar-refractivity contribution in [1.82, 2.24) is 44.8 Å². The fourth-order valence-electron chi connectivity index (χ4n) is 12.8. The molecule has 602 valence electrons. The molecule has 6 aromatic carbocycles. The van der Waals surface area contributed by atoms with Crippen LogP contribution < -0.4 is 21.3 Å². The van der Waals surface area contributed by atoms with Crippen molar-refractivity contribution in [3.8, 4) is 0 Å². The minimum absolute atomic E-state index is 0. The number of carbonyl (C=O) groups is 12. The minimum Gasteiger partial charge on any atom is -0.480 e. The van der Waals surface area contributed by atoms with Gasteiger partial charge in [-0.25, -0.2) is 40.7 Å². The second-order valence-corrected chi connectivity index (χ2v) is 27.2. The number of amides is 5. The van der Waals surface area contributed by atoms with Crippen molar-refractivity contribution in [2.75, 3.05) is 33.9 Å². The lowest BCUT2D eigenvalue weighted by Crippen LogP contribution is -2.46. The van der Waals surface area contributed by atoms with Crippen LogP contribution in [-0.2, 0) is 77.5 Å². The standard InChI is InChI=1S/C26H24ClF2N3O5.C25H22ClF2N3O5.C14H13NO5.C12H13ClF2N2O.ClH.H2O.H2/c1-14(33)19-12-31(21-7-6-15(8-18(19)21)26(36)37-2)13-23(34)32-11-17(28)9-22(32)25(35)30-10-16-4-3-5-20(27)24(16)29;1-13(32)18-11-30(20-6-5-14(25(35)36)7-17(18)20)12-22(33)31-10-16(27)8-21(31)24(34)29-9-15-3-2-4-19(26)23(15)28;1-8(16)11-6-15(7-13(17)18)12-4-3-9(5-10(11)12)14(19)20-2;13-9-3-1-2-7(11(9)15)5-17-12(18)10-4-8(14)6-16-10;;;/h3-8,12,17,22H,9-11,13H2,1-2H3,(H,30,35);2-7,11,16,21H,8-10,12H2,1H3,(H,29,34)(H,35,36);3-6H,7H2,1-2H3,(H,17,18);1-3,8,10,16H,4-6H2,(H,17,18);1H;1H2;1H/t17-,22+;16-,21+;;8-,10+;;;/m11.1.../s1/i;;;;;;1+1. The van der Waals surface area contributed by atoms with Crippen LogP contribution in [0.15, 0.2) is 128 Å². The molecule has 0 unspecified atom stereocenters. The number of methoxy groups -OCH3 is 2. The molecule has 9 aromatic rings. The third kappa shape index (κ3) is 21.5. The Bertz CT molecular complexity index is 5180. The molecular formula is C77H77Cl4F6N9O17. The Labute approximate surface area is 662 Å². The van der Waals surface area contributed by atoms with Gasteiger partial charge in [-0.15, -0.1) is 12.4 Å². The number of esters is 2. The molecule has 0 bridgehead atoms. The molecule has 3 aliphatic heterocycles. The van der Waals surface area contributed by atoms with Crippen LogP contribution >= 0.6 is 47.2 Å². The molecule has 6 atom stereocenters. The molecular weight excluding hydrogens is 1580 g/mol. The summed E-state index contributed by atoms with van der Waals surface area (Å²) in [5.74, 6) is -8.55. The Hall–Kier alpha value is -11.2. The summed E-state index contributed by atoms with van der Waals surface area (Å²) in [6.45, 7) is 2.59. The number of rotatable bonds is 21. The molecule has 6 heterocycles. The average molecular weight is 1660 g/mol. The van der Waals surface area contributed by atoms with Crippen molar-refractivity contribution in [2.45, 2.75) is 116 Å². The van der Waals surface area contributed by atoms with Gasteiger partial charge in [0.2, 0.25) is 29.5 Å². The zero-order chi connectivity index (χ0) is 81.0. The number of aliphatic carboxylic acids is 1. The summed E-state index contributed by atoms with van der Waals surface area (Å²) in [5.41, 5.74) is 3.65. The van der Waals surface area contributed by atoms with E-state index in [4.69, 9.17) is 44.6 Å². The molecule has 36 heteroatoms. The molecule has 0 spiro atoms. The Morgan fingerprint density at radius 2 is 0.823 bits per heavy atom. The van der Waals surface area contributed by atoms with Crippen LogP contribution in [0.25, 0.3) is 32.7 Å². The number of ketones is 3. The van der Waals surface area contributed by atoms with Crippen molar-refractivity contribution < 1.29 is 110 Å². The van der Waals surface area contributed by atoms with E-state index < -0.39 is 102 Å². The second-order valence-electron chi connectivity index (χ2n) is 25.9. The second kappa shape index (κ2) is 39.3. The largest absolute Gasteiger partial charge is 0.480 e. The monoisotopic (exact) mass is 1650 g/mol. The van der Waals surface area contributed by atoms with E-state index in [0.29, 0.717) is 55.0 Å². The summed E-state index contributed by atoms with van der Waals surface area (Å²) in [4.78, 5) is 148. The third-order valence-corrected chi connectivity index (χ3v) is 19.3. The van der Waals surface area contributed by atoms with Gasteiger partial charge in [-0.05, 0) is 93.6 Å². The lowest BCUT2D eigenvalue weighted by Gasteiger charge is -2.24. The molecule has 3 aliphatic rings. The van der Waals surface area contributed by atoms with E-state index in [2.05, 4.69) is 26.0 Å². The lowest BCUT2D eigenvalue weighted by atomic mass is 10.1. The fraction of sp³-hybridized carbons (Fsp3) is 0.299. The number of ether oxygens (including phenoxy) is 2. The normalized spacial score (nSPS) is 16.7. The highest BCUT2D eigenvalue weighted by atomic mass is 35.5. The number of nitrogens with one attached hydrogen (secondary N) is 4. The van der Waals surface area contributed by atoms with Crippen molar-refractivity contribution in [2.24, 2.45) is 0 Å². The summed E-state index contributed by atoms with van der Waals surface area (Å²) in [6.07, 6.45) is 0.364. The van der Waals surface area contributed by atoms with E-state index >= 15 is 0 Å². The Morgan fingerprint density at radius 3 is 1.14 bits per heavy atom. The molecule has 0 aliphatic carbocycles. The van der Waals surface area contributed by atoms with Crippen molar-refractivity contribution in [3.63, 3.8) is 0 Å². The van der Waals surface area contributed by atoms with Gasteiger partial charge >= 0.3 is 23.9 Å². The summed E-state index contributed by atoms with van der Waals surface area (Å²) in [6, 6.07) is 24.1. The summed E-state index contributed by atoms with van der Waals surface area (Å²) >= 11 is 17.2. The number of likely N-dealkylation sites (tertiary alicyclic amines) is 2. The number of aromatic nitrogens is 3. The summed E-state index contributed by atoms with van der Waals surface area (Å²) in [7, 11) is 2.52. The van der Waals surface area contributed by atoms with Crippen LogP contribution in [0.5, 0.6) is 0 Å². The van der Waals surface area contributed by atoms with Crippen LogP contribution in [-0.4, -0.2) is 180 Å². The molecule has 8 N–H and O–H groups in total. The highest BCUT2D eigenvalue weighted by molar-refractivity contribution is 6.31. The number of hydrogen-bond acceptors (Lipinski definition) is 15. The summed E-state index contributed by atoms with van der Waals surface area (Å²) < 4.78 is 97.2. The van der Waals surface area contributed by atoms with Gasteiger partial charge < -0.3 is 69.9 Å². The first kappa shape index (κ1) is 89.0. The van der Waals surface area contributed by atoms with E-state index in [9.17, 15) is 89.0 Å². The van der Waals surface area contributed by atoms with Gasteiger partial charge in [0.15, 0.2) is 17.3 Å². The van der Waals surface area contributed by atoms with E-state index in [1.165, 1.54) is 146 Å². The molecule has 113 heavy (non-hydrogen) atoms. The van der Waals surface area contributed by atoms with Crippen LogP contribution in [0.4, 0.5) is 26.3 Å². The van der Waals surface area contributed by atoms with E-state index in [1.807, 2.05) is 0 Å². The molecule has 3 fully saturated rings. The number of halogens is 10. The fourth-order valence-corrected chi connectivity index (χ4v) is 13.4. The number of nitrogens with zero attached hydrogens (tertiary/aromatic N) is 5. The van der Waals surface area contributed by atoms with Crippen LogP contribution in [0.3, 0.4) is 0 Å². The number of alkyl halides is 3. The highest BCUT2D eigenvalue weighted by Crippen LogP contribution is 2.31. The maximum absolute atomic E-state index is 14.3. The van der Waals surface area contributed by atoms with Gasteiger partial charge in [0, 0.05) is 132 Å². The van der Waals surface area contributed by atoms with Crippen LogP contribution in [0.1, 0.15) is 120 Å². The number of benzene rings is 6. The van der Waals surface area contributed by atoms with Gasteiger partial charge in [0.1, 0.15) is 67.7 Å². The smallest absolute Gasteiger partial charge is 0.337 e. The molecule has 0 radical (unpaired) electrons. The van der Waals surface area contributed by atoms with Crippen LogP contribution in [0, 0.1) is 17.5 Å². The zero-order valence-corrected chi connectivity index (χ0v) is 63.8. The van der Waals surface area contributed by atoms with Crippen molar-refractivity contribution >= 4 is 151 Å². The first-order valence-electron chi connectivity index (χ1n) is 34.1. The first-order chi connectivity index (χ1) is 52.7. The molecule has 0 saturated carbocycles. The predicted octanol–water partition coefficient (Wildman–Crippen LogP) is 10.6. The molecule has 3 saturated heterocycles. The van der Waals surface area contributed by atoms with Gasteiger partial charge in [-0.3, -0.25) is 43.2 Å². The van der Waals surface area contributed by atoms with E-state index in [-0.39, 0.29) is 164 Å². The Morgan fingerprint density at radius 1 is 0.487 bits per heavy atom. The van der Waals surface area contributed by atoms with Gasteiger partial charge in [0.25, 0.3) is 0 Å². The summed E-state index contributed by atoms with van der Waals surface area (Å²) in [5, 5.41) is 29.8. The Kier molecular flexibility index (Phi) is 31.0. The maximum Gasteiger partial charge on any atom is 0.337 e. The van der Waals surface area contributed by atoms with Gasteiger partial charge in [-0.1, -0.05) is 71.2 Å². The highest BCUT2D eigenvalue weighted by Gasteiger charge is 2.42. The van der Waals surface area contributed by atoms with E-state index in [0.717, 1.165) is 9.80 Å². The molecule has 5 amide bonds. The number of carbonyl (C=O) groups excluding carboxylic acids is 10. The van der Waals surface area contributed by atoms with Gasteiger partial charge in [0.05, 0.1) is 65.1 Å². The quantitative estimate of drug-likeness (QED) is 0.0221. The number of carboxylic acid groups (broad SMARTS) is 2. The molecule has 12 rings (SSSR count). The SMILES string of the molecule is CC(=O)c1cn(CC(=O)N2C[C@H](F)C[C@H]2C(=O)NCc2cccc(Cl)c2F)c2ccc(C(=O)O)cc12.COC(=O)c1ccc2c(c1)c(C(C)=O)cn2CC(=O)N1C[C@H](F)C[C@H]1C(=O)NCc1cccc(Cl)c1F.COC(=O)c1ccc2c(c1)c(C(C)=O)cn2CC(=O)O.Cl.O.O=C(NCc1cccc(Cl)c1F)[C@@H]1C[C@@H](F)CN1.[2HH]. The average Bonchev–Trinajstić information content (AvgIpc) is 1.64. The number of hydrogen-bond donors (Lipinski definition) is 6. The van der Waals surface area contributed by atoms with Crippen molar-refractivity contribution in [1.29, 1.82) is 0 Å². The third-order valence-electron chi connectivity index (χ3n) is 18.4. The maximum atomic E-state index is 14.3. The van der Waals surface area contributed by atoms with E-state index in [1.54, 1.807) is 30.3 Å². The minimum atomic E-state index is -1.42.